The van der Waals surface area contributed by atoms with Crippen LogP contribution in [0.1, 0.15) is 18.2 Å². The van der Waals surface area contributed by atoms with Gasteiger partial charge in [0.25, 0.3) is 0 Å². The molecule has 0 bridgehead atoms. The zero-order valence-electron chi connectivity index (χ0n) is 27.1. The summed E-state index contributed by atoms with van der Waals surface area (Å²) >= 11 is 0. The van der Waals surface area contributed by atoms with Gasteiger partial charge in [-0.15, -0.1) is 0 Å². The van der Waals surface area contributed by atoms with Crippen LogP contribution in [-0.4, -0.2) is 19.5 Å². The Morgan fingerprint density at radius 1 is 0.500 bits per heavy atom. The van der Waals surface area contributed by atoms with Gasteiger partial charge in [-0.1, -0.05) is 121 Å². The lowest BCUT2D eigenvalue weighted by molar-refractivity contribution is 0.669. The van der Waals surface area contributed by atoms with Crippen molar-refractivity contribution in [3.63, 3.8) is 0 Å². The smallest absolute Gasteiger partial charge is 0.163 e. The highest BCUT2D eigenvalue weighted by atomic mass is 16.3. The molecule has 3 heterocycles. The fourth-order valence-corrected chi connectivity index (χ4v) is 7.36. The van der Waals surface area contributed by atoms with E-state index >= 15 is 0 Å². The molecule has 6 aromatic carbocycles. The molecule has 0 fully saturated rings. The second-order valence-electron chi connectivity index (χ2n) is 12.8. The number of para-hydroxylation sites is 2. The van der Waals surface area contributed by atoms with E-state index in [4.69, 9.17) is 19.4 Å². The van der Waals surface area contributed by atoms with Crippen molar-refractivity contribution >= 4 is 49.4 Å². The van der Waals surface area contributed by atoms with Crippen molar-refractivity contribution < 1.29 is 4.42 Å². The molecule has 236 valence electrons. The molecule has 0 aliphatic heterocycles. The molecule has 0 spiro atoms. The van der Waals surface area contributed by atoms with Crippen LogP contribution in [0.25, 0.3) is 83.3 Å². The largest absolute Gasteiger partial charge is 0.456 e. The highest BCUT2D eigenvalue weighted by Crippen LogP contribution is 2.40. The van der Waals surface area contributed by atoms with Crippen molar-refractivity contribution in [3.8, 4) is 33.9 Å². The number of hydrogen-bond donors (Lipinski definition) is 0. The fourth-order valence-electron chi connectivity index (χ4n) is 7.36. The molecule has 0 amide bonds. The average Bonchev–Trinajstić information content (AvgIpc) is 3.73. The SMILES string of the molecule is C1=CC(c2nc(-c3ccccc3)nc(-c3ccccc3)n2)CC(n2c3ccccc3c3cc(-c4ccc5oc6ccccc6c5c4)ccc32)=C1. The second-order valence-corrected chi connectivity index (χ2v) is 12.8. The van der Waals surface area contributed by atoms with Gasteiger partial charge in [0, 0.05) is 50.7 Å². The molecule has 1 aliphatic carbocycles. The van der Waals surface area contributed by atoms with E-state index in [1.165, 1.54) is 38.6 Å². The first-order valence-electron chi connectivity index (χ1n) is 17.0. The lowest BCUT2D eigenvalue weighted by Gasteiger charge is -2.21. The van der Waals surface area contributed by atoms with Gasteiger partial charge in [0.1, 0.15) is 17.0 Å². The molecule has 5 heteroatoms. The molecule has 0 N–H and O–H groups in total. The summed E-state index contributed by atoms with van der Waals surface area (Å²) < 4.78 is 8.52. The molecule has 50 heavy (non-hydrogen) atoms. The van der Waals surface area contributed by atoms with Crippen LogP contribution in [0.15, 0.2) is 168 Å². The molecule has 10 rings (SSSR count). The monoisotopic (exact) mass is 642 g/mol. The third-order valence-electron chi connectivity index (χ3n) is 9.78. The molecule has 1 aliphatic rings. The van der Waals surface area contributed by atoms with E-state index in [1.807, 2.05) is 48.5 Å². The Bertz CT molecular complexity index is 2730. The van der Waals surface area contributed by atoms with E-state index in [-0.39, 0.29) is 5.92 Å². The Balaban J connectivity index is 1.06. The van der Waals surface area contributed by atoms with Crippen LogP contribution in [0.4, 0.5) is 0 Å². The van der Waals surface area contributed by atoms with Crippen molar-refractivity contribution in [1.82, 2.24) is 19.5 Å². The van der Waals surface area contributed by atoms with Crippen LogP contribution in [-0.2, 0) is 0 Å². The molecule has 9 aromatic rings. The van der Waals surface area contributed by atoms with Gasteiger partial charge >= 0.3 is 0 Å². The number of rotatable bonds is 5. The topological polar surface area (TPSA) is 56.7 Å². The van der Waals surface area contributed by atoms with Crippen LogP contribution in [0.2, 0.25) is 0 Å². The van der Waals surface area contributed by atoms with Crippen LogP contribution >= 0.6 is 0 Å². The maximum absolute atomic E-state index is 6.11. The predicted octanol–water partition coefficient (Wildman–Crippen LogP) is 11.5. The minimum absolute atomic E-state index is 0.0186. The van der Waals surface area contributed by atoms with Crippen LogP contribution < -0.4 is 0 Å². The first kappa shape index (κ1) is 28.4. The summed E-state index contributed by atoms with van der Waals surface area (Å²) in [5.41, 5.74) is 9.67. The number of allylic oxidation sites excluding steroid dienone is 4. The van der Waals surface area contributed by atoms with E-state index in [2.05, 4.69) is 120 Å². The minimum Gasteiger partial charge on any atom is -0.456 e. The Hall–Kier alpha value is -6.59. The zero-order chi connectivity index (χ0) is 33.0. The molecular weight excluding hydrogens is 613 g/mol. The quantitative estimate of drug-likeness (QED) is 0.187. The van der Waals surface area contributed by atoms with Crippen LogP contribution in [0.5, 0.6) is 0 Å². The number of hydrogen-bond acceptors (Lipinski definition) is 4. The number of aromatic nitrogens is 4. The van der Waals surface area contributed by atoms with Gasteiger partial charge in [0.05, 0.1) is 11.0 Å². The van der Waals surface area contributed by atoms with Crippen molar-refractivity contribution in [2.75, 3.05) is 0 Å². The molecule has 0 radical (unpaired) electrons. The first-order valence-corrected chi connectivity index (χ1v) is 17.0. The van der Waals surface area contributed by atoms with Crippen molar-refractivity contribution in [2.45, 2.75) is 12.3 Å². The molecule has 0 saturated heterocycles. The Labute approximate surface area is 288 Å². The number of nitrogens with zero attached hydrogens (tertiary/aromatic N) is 4. The highest BCUT2D eigenvalue weighted by Gasteiger charge is 2.23. The van der Waals surface area contributed by atoms with Gasteiger partial charge in [0.2, 0.25) is 0 Å². The number of fused-ring (bicyclic) bond motifs is 6. The third kappa shape index (κ3) is 4.74. The predicted molar refractivity (Wildman–Crippen MR) is 204 cm³/mol. The lowest BCUT2D eigenvalue weighted by atomic mass is 9.96. The first-order chi connectivity index (χ1) is 24.8. The highest BCUT2D eigenvalue weighted by molar-refractivity contribution is 6.12. The van der Waals surface area contributed by atoms with Gasteiger partial charge in [0.15, 0.2) is 11.6 Å². The number of furan rings is 1. The van der Waals surface area contributed by atoms with E-state index < -0.39 is 0 Å². The van der Waals surface area contributed by atoms with E-state index in [0.29, 0.717) is 11.6 Å². The second kappa shape index (κ2) is 11.5. The molecule has 0 saturated carbocycles. The summed E-state index contributed by atoms with van der Waals surface area (Å²) in [6.07, 6.45) is 7.34. The molecule has 1 atom stereocenters. The molecular formula is C45H30N4O. The standard InChI is InChI=1S/C45H30N4O/c1-3-12-29(13-4-1)43-46-44(30-14-5-2-6-15-30)48-45(47-43)33-16-11-17-34(26-33)49-39-20-9-7-18-35(39)37-27-31(22-24-40(37)49)32-23-25-42-38(28-32)36-19-8-10-21-41(36)50-42/h1-25,27-28,33H,26H2. The maximum Gasteiger partial charge on any atom is 0.163 e. The Morgan fingerprint density at radius 2 is 1.10 bits per heavy atom. The van der Waals surface area contributed by atoms with Crippen molar-refractivity contribution in [2.24, 2.45) is 0 Å². The van der Waals surface area contributed by atoms with Gasteiger partial charge < -0.3 is 8.98 Å². The van der Waals surface area contributed by atoms with Crippen LogP contribution in [0.3, 0.4) is 0 Å². The zero-order valence-corrected chi connectivity index (χ0v) is 27.1. The molecule has 1 unspecified atom stereocenters. The van der Waals surface area contributed by atoms with E-state index in [0.717, 1.165) is 45.3 Å². The summed E-state index contributed by atoms with van der Waals surface area (Å²) in [5.74, 6) is 2.12. The minimum atomic E-state index is -0.0186. The lowest BCUT2D eigenvalue weighted by Crippen LogP contribution is -2.11. The average molecular weight is 643 g/mol. The third-order valence-corrected chi connectivity index (χ3v) is 9.78. The van der Waals surface area contributed by atoms with Gasteiger partial charge in [-0.25, -0.2) is 15.0 Å². The van der Waals surface area contributed by atoms with Gasteiger partial charge in [-0.05, 0) is 53.6 Å². The molecule has 3 aromatic heterocycles. The number of benzene rings is 6. The van der Waals surface area contributed by atoms with Crippen molar-refractivity contribution in [1.29, 1.82) is 0 Å². The summed E-state index contributed by atoms with van der Waals surface area (Å²) in [4.78, 5) is 15.0. The van der Waals surface area contributed by atoms with E-state index in [9.17, 15) is 0 Å². The summed E-state index contributed by atoms with van der Waals surface area (Å²) in [6.45, 7) is 0. The Morgan fingerprint density at radius 3 is 1.86 bits per heavy atom. The summed E-state index contributed by atoms with van der Waals surface area (Å²) in [5, 5.41) is 4.72. The van der Waals surface area contributed by atoms with Crippen molar-refractivity contribution in [3.05, 3.63) is 170 Å². The summed E-state index contributed by atoms with van der Waals surface area (Å²) in [6, 6.07) is 50.6. The normalized spacial score (nSPS) is 14.6. The summed E-state index contributed by atoms with van der Waals surface area (Å²) in [7, 11) is 0. The fraction of sp³-hybridized carbons (Fsp3) is 0.0444. The van der Waals surface area contributed by atoms with Gasteiger partial charge in [-0.2, -0.15) is 0 Å². The van der Waals surface area contributed by atoms with Gasteiger partial charge in [-0.3, -0.25) is 0 Å². The Kier molecular flexibility index (Phi) is 6.56. The molecule has 5 nitrogen and oxygen atoms in total. The van der Waals surface area contributed by atoms with Crippen LogP contribution in [0, 0.1) is 0 Å². The maximum atomic E-state index is 6.11. The van der Waals surface area contributed by atoms with E-state index in [1.54, 1.807) is 0 Å².